The molecule has 7 nitrogen and oxygen atoms in total. The Kier molecular flexibility index (Phi) is 6.51. The van der Waals surface area contributed by atoms with E-state index in [0.717, 1.165) is 60.4 Å². The van der Waals surface area contributed by atoms with Crippen molar-refractivity contribution in [2.75, 3.05) is 18.0 Å². The lowest BCUT2D eigenvalue weighted by molar-refractivity contribution is -0.136. The van der Waals surface area contributed by atoms with Gasteiger partial charge in [-0.15, -0.1) is 10.2 Å². The molecule has 1 aliphatic carbocycles. The molecule has 0 amide bonds. The first-order chi connectivity index (χ1) is 18.3. The summed E-state index contributed by atoms with van der Waals surface area (Å²) in [5, 5.41) is 8.98. The molecule has 4 heterocycles. The third-order valence-electron chi connectivity index (χ3n) is 7.66. The van der Waals surface area contributed by atoms with Crippen molar-refractivity contribution in [2.45, 2.75) is 57.8 Å². The molecule has 2 fully saturated rings. The van der Waals surface area contributed by atoms with Gasteiger partial charge < -0.3 is 4.90 Å². The van der Waals surface area contributed by atoms with Crippen molar-refractivity contribution in [2.24, 2.45) is 5.92 Å². The van der Waals surface area contributed by atoms with Crippen molar-refractivity contribution >= 4 is 27.7 Å². The smallest absolute Gasteiger partial charge is 0.313 e. The average Bonchev–Trinajstić information content (AvgIpc) is 3.49. The van der Waals surface area contributed by atoms with Crippen LogP contribution in [0.4, 0.5) is 24.0 Å². The number of anilines is 2. The molecule has 4 aromatic rings. The third-order valence-corrected chi connectivity index (χ3v) is 8.35. The lowest BCUT2D eigenvalue weighted by atomic mass is 9.91. The van der Waals surface area contributed by atoms with E-state index >= 15 is 0 Å². The lowest BCUT2D eigenvalue weighted by Crippen LogP contribution is -2.36. The third kappa shape index (κ3) is 4.73. The van der Waals surface area contributed by atoms with Gasteiger partial charge in [-0.05, 0) is 74.4 Å². The summed E-state index contributed by atoms with van der Waals surface area (Å²) in [6, 6.07) is 8.81. The van der Waals surface area contributed by atoms with E-state index in [-0.39, 0.29) is 11.6 Å². The number of nitrogens with zero attached hydrogens (tertiary/aromatic N) is 6. The summed E-state index contributed by atoms with van der Waals surface area (Å²) in [4.78, 5) is 17.8. The molecule has 1 saturated carbocycles. The quantitative estimate of drug-likeness (QED) is 0.305. The van der Waals surface area contributed by atoms with E-state index in [0.29, 0.717) is 23.7 Å². The number of hydrogen-bond acceptors (Lipinski definition) is 6. The largest absolute Gasteiger partial charge is 0.418 e. The van der Waals surface area contributed by atoms with Crippen molar-refractivity contribution in [3.63, 3.8) is 0 Å². The minimum atomic E-state index is -4.59. The van der Waals surface area contributed by atoms with Crippen LogP contribution in [0.1, 0.15) is 50.2 Å². The van der Waals surface area contributed by atoms with E-state index in [9.17, 15) is 18.0 Å². The number of fused-ring (bicyclic) bond motifs is 1. The van der Waals surface area contributed by atoms with E-state index < -0.39 is 17.4 Å². The SMILES string of the molecule is CC1CCCN(Cc2cc(C(F)(F)F)c3cn(-c4cccc(N(c5nncs5)C5CCC5)c4)c(=O)n3c2)C1. The van der Waals surface area contributed by atoms with Gasteiger partial charge >= 0.3 is 11.9 Å². The van der Waals surface area contributed by atoms with Crippen LogP contribution in [0.3, 0.4) is 0 Å². The van der Waals surface area contributed by atoms with Gasteiger partial charge in [0.25, 0.3) is 0 Å². The topological polar surface area (TPSA) is 58.7 Å². The Balaban J connectivity index is 1.42. The summed E-state index contributed by atoms with van der Waals surface area (Å²) in [5.41, 5.74) is 2.03. The van der Waals surface area contributed by atoms with Crippen molar-refractivity contribution < 1.29 is 13.2 Å². The van der Waals surface area contributed by atoms with Crippen LogP contribution in [0.25, 0.3) is 11.2 Å². The summed E-state index contributed by atoms with van der Waals surface area (Å²) in [7, 11) is 0. The number of rotatable bonds is 6. The second kappa shape index (κ2) is 9.85. The Morgan fingerprint density at radius 2 is 1.97 bits per heavy atom. The molecule has 200 valence electrons. The van der Waals surface area contributed by atoms with Crippen molar-refractivity contribution in [1.29, 1.82) is 0 Å². The molecule has 38 heavy (non-hydrogen) atoms. The number of hydrogen-bond donors (Lipinski definition) is 0. The minimum Gasteiger partial charge on any atom is -0.313 e. The molecule has 0 bridgehead atoms. The van der Waals surface area contributed by atoms with Gasteiger partial charge in [0, 0.05) is 37.2 Å². The zero-order valence-corrected chi connectivity index (χ0v) is 21.9. The number of benzene rings is 1. The number of likely N-dealkylation sites (tertiary alicyclic amines) is 1. The Hall–Kier alpha value is -3.18. The molecule has 1 atom stereocenters. The maximum Gasteiger partial charge on any atom is 0.418 e. The summed E-state index contributed by atoms with van der Waals surface area (Å²) < 4.78 is 45.0. The second-order valence-corrected chi connectivity index (χ2v) is 11.3. The van der Waals surface area contributed by atoms with Gasteiger partial charge in [-0.25, -0.2) is 4.79 Å². The first-order valence-electron chi connectivity index (χ1n) is 13.0. The lowest BCUT2D eigenvalue weighted by Gasteiger charge is -2.37. The maximum atomic E-state index is 14.2. The Labute approximate surface area is 222 Å². The highest BCUT2D eigenvalue weighted by Crippen LogP contribution is 2.38. The van der Waals surface area contributed by atoms with Crippen LogP contribution in [0.5, 0.6) is 0 Å². The monoisotopic (exact) mass is 542 g/mol. The molecule has 6 rings (SSSR count). The maximum absolute atomic E-state index is 14.2. The average molecular weight is 543 g/mol. The van der Waals surface area contributed by atoms with Gasteiger partial charge in [-0.1, -0.05) is 24.3 Å². The molecule has 1 unspecified atom stereocenters. The van der Waals surface area contributed by atoms with E-state index in [2.05, 4.69) is 26.9 Å². The molecule has 0 N–H and O–H groups in total. The highest BCUT2D eigenvalue weighted by molar-refractivity contribution is 7.13. The summed E-state index contributed by atoms with van der Waals surface area (Å²) in [6.45, 7) is 4.23. The molecule has 0 radical (unpaired) electrons. The first-order valence-corrected chi connectivity index (χ1v) is 13.9. The molecular weight excluding hydrogens is 513 g/mol. The zero-order chi connectivity index (χ0) is 26.4. The van der Waals surface area contributed by atoms with Crippen LogP contribution in [0.15, 0.2) is 53.0 Å². The predicted octanol–water partition coefficient (Wildman–Crippen LogP) is 5.88. The van der Waals surface area contributed by atoms with Gasteiger partial charge in [0.2, 0.25) is 5.13 Å². The highest BCUT2D eigenvalue weighted by Gasteiger charge is 2.35. The van der Waals surface area contributed by atoms with Crippen LogP contribution < -0.4 is 10.6 Å². The number of alkyl halides is 3. The van der Waals surface area contributed by atoms with Crippen molar-refractivity contribution in [1.82, 2.24) is 24.1 Å². The molecule has 1 aliphatic heterocycles. The summed E-state index contributed by atoms with van der Waals surface area (Å²) >= 11 is 1.43. The van der Waals surface area contributed by atoms with E-state index in [1.807, 2.05) is 18.2 Å². The van der Waals surface area contributed by atoms with Gasteiger partial charge in [0.1, 0.15) is 5.51 Å². The predicted molar refractivity (Wildman–Crippen MR) is 141 cm³/mol. The second-order valence-electron chi connectivity index (χ2n) is 10.5. The van der Waals surface area contributed by atoms with Crippen molar-refractivity contribution in [3.05, 3.63) is 69.8 Å². The van der Waals surface area contributed by atoms with Gasteiger partial charge in [-0.2, -0.15) is 13.2 Å². The fraction of sp³-hybridized carbons (Fsp3) is 0.444. The number of pyridine rings is 1. The normalized spacial score (nSPS) is 19.1. The first kappa shape index (κ1) is 25.1. The molecule has 11 heteroatoms. The van der Waals surface area contributed by atoms with Crippen LogP contribution in [-0.4, -0.2) is 43.2 Å². The zero-order valence-electron chi connectivity index (χ0n) is 21.1. The summed E-state index contributed by atoms with van der Waals surface area (Å²) in [6.07, 6.45) is 3.60. The minimum absolute atomic E-state index is 0.149. The van der Waals surface area contributed by atoms with Gasteiger partial charge in [-0.3, -0.25) is 13.9 Å². The van der Waals surface area contributed by atoms with Crippen LogP contribution >= 0.6 is 11.3 Å². The molecule has 0 spiro atoms. The van der Waals surface area contributed by atoms with Crippen LogP contribution in [0.2, 0.25) is 0 Å². The molecule has 1 aromatic carbocycles. The molecular formula is C27H29F3N6OS. The summed E-state index contributed by atoms with van der Waals surface area (Å²) in [5.74, 6) is 0.505. The Bertz CT molecular complexity index is 1490. The van der Waals surface area contributed by atoms with Crippen LogP contribution in [0, 0.1) is 5.92 Å². The number of halogens is 3. The fourth-order valence-electron chi connectivity index (χ4n) is 5.62. The Morgan fingerprint density at radius 1 is 1.13 bits per heavy atom. The van der Waals surface area contributed by atoms with E-state index in [1.54, 1.807) is 17.8 Å². The van der Waals surface area contributed by atoms with E-state index in [1.165, 1.54) is 28.2 Å². The highest BCUT2D eigenvalue weighted by atomic mass is 32.1. The molecule has 1 saturated heterocycles. The molecule has 2 aliphatic rings. The fourth-order valence-corrected chi connectivity index (χ4v) is 6.27. The standard InChI is InChI=1S/C27H29F3N6OS/c1-18-5-4-10-33(13-18)14-19-11-23(27(28,29)30)24-16-34(26(37)35(24)15-19)21-8-3-9-22(12-21)36(20-6-2-7-20)25-32-31-17-38-25/h3,8-9,11-12,15-18,20H,2,4-7,10,13-14H2,1H3. The van der Waals surface area contributed by atoms with Gasteiger partial charge in [0.05, 0.1) is 16.8 Å². The molecule has 3 aromatic heterocycles. The van der Waals surface area contributed by atoms with Crippen LogP contribution in [-0.2, 0) is 12.7 Å². The Morgan fingerprint density at radius 3 is 2.66 bits per heavy atom. The van der Waals surface area contributed by atoms with Gasteiger partial charge in [0.15, 0.2) is 0 Å². The number of imidazole rings is 1. The number of piperidine rings is 1. The van der Waals surface area contributed by atoms with E-state index in [4.69, 9.17) is 0 Å². The van der Waals surface area contributed by atoms with Crippen molar-refractivity contribution in [3.8, 4) is 5.69 Å². The number of aromatic nitrogens is 4.